The van der Waals surface area contributed by atoms with E-state index in [0.29, 0.717) is 30.0 Å². The number of alkyl halides is 3. The predicted molar refractivity (Wildman–Crippen MR) is 126 cm³/mol. The first kappa shape index (κ1) is 25.8. The molecular formula is C25H24F3N3O4S. The lowest BCUT2D eigenvalue weighted by atomic mass is 10.1. The summed E-state index contributed by atoms with van der Waals surface area (Å²) in [6, 6.07) is 11.4. The van der Waals surface area contributed by atoms with Gasteiger partial charge in [0.2, 0.25) is 10.0 Å². The third-order valence-corrected chi connectivity index (χ3v) is 6.95. The summed E-state index contributed by atoms with van der Waals surface area (Å²) in [4.78, 5) is 0.142. The van der Waals surface area contributed by atoms with Crippen molar-refractivity contribution >= 4 is 10.0 Å². The van der Waals surface area contributed by atoms with E-state index < -0.39 is 16.4 Å². The maximum atomic E-state index is 12.5. The number of nitrogens with zero attached hydrogens (tertiary/aromatic N) is 2. The first-order valence-corrected chi connectivity index (χ1v) is 12.6. The van der Waals surface area contributed by atoms with E-state index in [0.717, 1.165) is 11.3 Å². The van der Waals surface area contributed by atoms with Gasteiger partial charge in [-0.2, -0.15) is 5.10 Å². The summed E-state index contributed by atoms with van der Waals surface area (Å²) in [6.45, 7) is 5.71. The minimum absolute atomic E-state index is 0.0597. The van der Waals surface area contributed by atoms with Gasteiger partial charge in [0.15, 0.2) is 0 Å². The van der Waals surface area contributed by atoms with E-state index in [4.69, 9.17) is 4.74 Å². The molecule has 0 saturated heterocycles. The van der Waals surface area contributed by atoms with Gasteiger partial charge in [0.1, 0.15) is 11.4 Å². The van der Waals surface area contributed by atoms with Crippen molar-refractivity contribution in [3.05, 3.63) is 71.0 Å². The average Bonchev–Trinajstić information content (AvgIpc) is 3.14. The molecule has 0 fully saturated rings. The molecule has 190 valence electrons. The topological polar surface area (TPSA) is 82.5 Å². The van der Waals surface area contributed by atoms with E-state index in [2.05, 4.69) is 26.4 Å². The van der Waals surface area contributed by atoms with Gasteiger partial charge in [0.25, 0.3) is 0 Å². The number of halogens is 3. The van der Waals surface area contributed by atoms with Crippen LogP contribution in [-0.2, 0) is 27.8 Å². The average molecular weight is 520 g/mol. The Kier molecular flexibility index (Phi) is 7.13. The number of nitrogens with one attached hydrogen (secondary N) is 1. The van der Waals surface area contributed by atoms with Gasteiger partial charge in [-0.15, -0.1) is 13.2 Å². The molecule has 0 amide bonds. The lowest BCUT2D eigenvalue weighted by Crippen LogP contribution is -2.30. The summed E-state index contributed by atoms with van der Waals surface area (Å²) < 4.78 is 76.0. The molecule has 1 aromatic heterocycles. The Balaban J connectivity index is 1.63. The molecule has 0 radical (unpaired) electrons. The fraction of sp³-hybridized carbons (Fsp3) is 0.320. The molecule has 36 heavy (non-hydrogen) atoms. The highest BCUT2D eigenvalue weighted by atomic mass is 32.2. The Hall–Kier alpha value is -3.33. The second kappa shape index (κ2) is 9.97. The number of sulfonamides is 1. The highest BCUT2D eigenvalue weighted by Crippen LogP contribution is 2.28. The summed E-state index contributed by atoms with van der Waals surface area (Å²) in [7, 11) is -3.60. The maximum absolute atomic E-state index is 12.5. The Morgan fingerprint density at radius 1 is 1.11 bits per heavy atom. The molecule has 0 aliphatic carbocycles. The van der Waals surface area contributed by atoms with E-state index in [9.17, 15) is 21.6 Å². The monoisotopic (exact) mass is 519 g/mol. The summed E-state index contributed by atoms with van der Waals surface area (Å²) in [5.41, 5.74) is 3.31. The molecule has 0 saturated carbocycles. The standard InChI is InChI=1S/C25H24F3N3O4S/c1-16(2)30-36(32,33)21-11-4-18(5-12-21)6-13-23-22-15-34-17(3)14-24(22)31(29-23)19-7-9-20(10-8-19)35-25(26,27)28/h4-5,7-12,16-17,30H,14-15H2,1-3H3/t17-/m0/s1. The predicted octanol–water partition coefficient (Wildman–Crippen LogP) is 4.32. The second-order valence-corrected chi connectivity index (χ2v) is 10.3. The number of hydrogen-bond acceptors (Lipinski definition) is 5. The smallest absolute Gasteiger partial charge is 0.406 e. The first-order chi connectivity index (χ1) is 16.9. The van der Waals surface area contributed by atoms with E-state index in [1.54, 1.807) is 30.7 Å². The van der Waals surface area contributed by atoms with Crippen LogP contribution in [0.5, 0.6) is 5.75 Å². The zero-order valence-electron chi connectivity index (χ0n) is 19.8. The molecule has 2 aromatic carbocycles. The highest BCUT2D eigenvalue weighted by Gasteiger charge is 2.31. The normalized spacial score (nSPS) is 15.8. The van der Waals surface area contributed by atoms with Crippen LogP contribution in [0.4, 0.5) is 13.2 Å². The lowest BCUT2D eigenvalue weighted by Gasteiger charge is -2.20. The SMILES string of the molecule is CC(C)NS(=O)(=O)c1ccc(C#Cc2nn(-c3ccc(OC(F)(F)F)cc3)c3c2CO[C@@H](C)C3)cc1. The molecule has 0 bridgehead atoms. The zero-order chi connectivity index (χ0) is 26.1. The van der Waals surface area contributed by atoms with Gasteiger partial charge >= 0.3 is 6.36 Å². The molecule has 1 atom stereocenters. The maximum Gasteiger partial charge on any atom is 0.573 e. The number of aromatic nitrogens is 2. The van der Waals surface area contributed by atoms with Gasteiger partial charge in [-0.3, -0.25) is 0 Å². The van der Waals surface area contributed by atoms with Crippen molar-refractivity contribution in [1.82, 2.24) is 14.5 Å². The molecule has 0 unspecified atom stereocenters. The Morgan fingerprint density at radius 3 is 2.39 bits per heavy atom. The van der Waals surface area contributed by atoms with Crippen LogP contribution in [0.25, 0.3) is 5.69 Å². The van der Waals surface area contributed by atoms with Crippen LogP contribution < -0.4 is 9.46 Å². The Labute approximate surface area is 207 Å². The van der Waals surface area contributed by atoms with Crippen molar-refractivity contribution in [2.45, 2.75) is 57.2 Å². The molecule has 4 rings (SSSR count). The number of hydrogen-bond donors (Lipinski definition) is 1. The fourth-order valence-electron chi connectivity index (χ4n) is 3.73. The number of ether oxygens (including phenoxy) is 2. The highest BCUT2D eigenvalue weighted by molar-refractivity contribution is 7.89. The van der Waals surface area contributed by atoms with Crippen LogP contribution in [0.1, 0.15) is 43.3 Å². The Morgan fingerprint density at radius 2 is 1.78 bits per heavy atom. The van der Waals surface area contributed by atoms with Gasteiger partial charge < -0.3 is 9.47 Å². The minimum Gasteiger partial charge on any atom is -0.406 e. The third-order valence-electron chi connectivity index (χ3n) is 5.28. The quantitative estimate of drug-likeness (QED) is 0.508. The molecule has 3 aromatic rings. The van der Waals surface area contributed by atoms with Crippen molar-refractivity contribution in [1.29, 1.82) is 0 Å². The summed E-state index contributed by atoms with van der Waals surface area (Å²) in [6.07, 6.45) is -4.27. The van der Waals surface area contributed by atoms with Gasteiger partial charge in [-0.25, -0.2) is 17.8 Å². The molecule has 2 heterocycles. The van der Waals surface area contributed by atoms with Crippen LogP contribution in [-0.4, -0.2) is 36.7 Å². The first-order valence-electron chi connectivity index (χ1n) is 11.1. The zero-order valence-corrected chi connectivity index (χ0v) is 20.6. The van der Waals surface area contributed by atoms with Gasteiger partial charge in [0.05, 0.1) is 29.0 Å². The van der Waals surface area contributed by atoms with Crippen molar-refractivity contribution < 1.29 is 31.1 Å². The summed E-state index contributed by atoms with van der Waals surface area (Å²) in [5, 5.41) is 4.60. The minimum atomic E-state index is -4.77. The molecule has 7 nitrogen and oxygen atoms in total. The second-order valence-electron chi connectivity index (χ2n) is 8.60. The van der Waals surface area contributed by atoms with E-state index in [1.807, 2.05) is 6.92 Å². The van der Waals surface area contributed by atoms with Crippen molar-refractivity contribution in [3.8, 4) is 23.3 Å². The molecule has 0 spiro atoms. The van der Waals surface area contributed by atoms with Crippen LogP contribution in [0.3, 0.4) is 0 Å². The van der Waals surface area contributed by atoms with Crippen molar-refractivity contribution in [2.75, 3.05) is 0 Å². The van der Waals surface area contributed by atoms with E-state index in [-0.39, 0.29) is 22.8 Å². The third kappa shape index (κ3) is 6.07. The largest absolute Gasteiger partial charge is 0.573 e. The molecular weight excluding hydrogens is 495 g/mol. The number of rotatable bonds is 5. The van der Waals surface area contributed by atoms with Crippen LogP contribution in [0.2, 0.25) is 0 Å². The molecule has 1 N–H and O–H groups in total. The van der Waals surface area contributed by atoms with Crippen LogP contribution in [0.15, 0.2) is 53.4 Å². The van der Waals surface area contributed by atoms with Crippen LogP contribution >= 0.6 is 0 Å². The van der Waals surface area contributed by atoms with E-state index >= 15 is 0 Å². The lowest BCUT2D eigenvalue weighted by molar-refractivity contribution is -0.274. The number of benzene rings is 2. The molecule has 1 aliphatic heterocycles. The van der Waals surface area contributed by atoms with E-state index in [1.165, 1.54) is 36.4 Å². The fourth-order valence-corrected chi connectivity index (χ4v) is 4.98. The van der Waals surface area contributed by atoms with Crippen LogP contribution in [0, 0.1) is 11.8 Å². The van der Waals surface area contributed by atoms with Gasteiger partial charge in [0, 0.05) is 23.6 Å². The van der Waals surface area contributed by atoms with Gasteiger partial charge in [-0.05, 0) is 75.2 Å². The molecule has 1 aliphatic rings. The Bertz CT molecular complexity index is 1400. The molecule has 11 heteroatoms. The summed E-state index contributed by atoms with van der Waals surface area (Å²) >= 11 is 0. The van der Waals surface area contributed by atoms with Gasteiger partial charge in [-0.1, -0.05) is 5.92 Å². The number of fused-ring (bicyclic) bond motifs is 1. The summed E-state index contributed by atoms with van der Waals surface area (Å²) in [5.74, 6) is 5.70. The van der Waals surface area contributed by atoms with Crippen molar-refractivity contribution in [2.24, 2.45) is 0 Å². The van der Waals surface area contributed by atoms with Crippen molar-refractivity contribution in [3.63, 3.8) is 0 Å².